The number of amides is 1. The second-order valence-electron chi connectivity index (χ2n) is 8.71. The predicted molar refractivity (Wildman–Crippen MR) is 123 cm³/mol. The zero-order valence-electron chi connectivity index (χ0n) is 18.1. The standard InChI is InChI=1S/C25H34N4O/c1-26-14-8-9-22(19-26)20-27-15-17-28(18-16-27)25(30)21-29(23-10-4-2-5-11-23)24-12-6-3-7-13-24/h2-7,10-13,22H,8-9,14-21H2,1H3. The quantitative estimate of drug-likeness (QED) is 0.736. The van der Waals surface area contributed by atoms with E-state index in [1.807, 2.05) is 41.3 Å². The van der Waals surface area contributed by atoms with Gasteiger partial charge in [0.2, 0.25) is 5.91 Å². The van der Waals surface area contributed by atoms with Crippen molar-refractivity contribution in [2.75, 3.05) is 64.3 Å². The molecule has 1 amide bonds. The van der Waals surface area contributed by atoms with Crippen molar-refractivity contribution in [2.24, 2.45) is 5.92 Å². The van der Waals surface area contributed by atoms with E-state index < -0.39 is 0 Å². The van der Waals surface area contributed by atoms with Gasteiger partial charge in [-0.3, -0.25) is 9.69 Å². The Morgan fingerprint density at radius 2 is 1.50 bits per heavy atom. The Balaban J connectivity index is 1.34. The first-order chi connectivity index (χ1) is 14.7. The molecule has 2 heterocycles. The van der Waals surface area contributed by atoms with Crippen LogP contribution in [-0.4, -0.2) is 80.0 Å². The number of anilines is 2. The summed E-state index contributed by atoms with van der Waals surface area (Å²) in [6.07, 6.45) is 2.65. The predicted octanol–water partition coefficient (Wildman–Crippen LogP) is 3.31. The minimum Gasteiger partial charge on any atom is -0.339 e. The van der Waals surface area contributed by atoms with Gasteiger partial charge in [-0.1, -0.05) is 36.4 Å². The highest BCUT2D eigenvalue weighted by Gasteiger charge is 2.26. The molecule has 0 spiro atoms. The van der Waals surface area contributed by atoms with E-state index in [9.17, 15) is 4.79 Å². The van der Waals surface area contributed by atoms with Crippen LogP contribution in [0.1, 0.15) is 12.8 Å². The molecule has 0 N–H and O–H groups in total. The average molecular weight is 407 g/mol. The molecule has 2 aromatic rings. The van der Waals surface area contributed by atoms with Gasteiger partial charge in [0.15, 0.2) is 0 Å². The SMILES string of the molecule is CN1CCCC(CN2CCN(C(=O)CN(c3ccccc3)c3ccccc3)CC2)C1. The van der Waals surface area contributed by atoms with Crippen molar-refractivity contribution < 1.29 is 4.79 Å². The van der Waals surface area contributed by atoms with E-state index in [4.69, 9.17) is 0 Å². The highest BCUT2D eigenvalue weighted by atomic mass is 16.2. The number of hydrogen-bond acceptors (Lipinski definition) is 4. The Kier molecular flexibility index (Phi) is 7.03. The van der Waals surface area contributed by atoms with Gasteiger partial charge in [0.1, 0.15) is 6.54 Å². The molecule has 5 heteroatoms. The molecule has 0 saturated carbocycles. The maximum absolute atomic E-state index is 13.2. The molecule has 0 bridgehead atoms. The van der Waals surface area contributed by atoms with Crippen LogP contribution in [-0.2, 0) is 4.79 Å². The topological polar surface area (TPSA) is 30.0 Å². The number of nitrogens with zero attached hydrogens (tertiary/aromatic N) is 4. The van der Waals surface area contributed by atoms with Crippen LogP contribution in [0.5, 0.6) is 0 Å². The molecule has 30 heavy (non-hydrogen) atoms. The minimum absolute atomic E-state index is 0.208. The zero-order chi connectivity index (χ0) is 20.8. The third-order valence-corrected chi connectivity index (χ3v) is 6.39. The Morgan fingerprint density at radius 1 is 0.900 bits per heavy atom. The molecular weight excluding hydrogens is 372 g/mol. The van der Waals surface area contributed by atoms with Crippen LogP contribution in [0.4, 0.5) is 11.4 Å². The van der Waals surface area contributed by atoms with Crippen LogP contribution in [0, 0.1) is 5.92 Å². The van der Waals surface area contributed by atoms with E-state index >= 15 is 0 Å². The molecule has 4 rings (SSSR count). The summed E-state index contributed by atoms with van der Waals surface area (Å²) in [5, 5.41) is 0. The fourth-order valence-electron chi connectivity index (χ4n) is 4.75. The summed E-state index contributed by atoms with van der Waals surface area (Å²) in [4.78, 5) is 22.3. The van der Waals surface area contributed by atoms with Crippen molar-refractivity contribution in [1.82, 2.24) is 14.7 Å². The molecule has 2 aromatic carbocycles. The number of para-hydroxylation sites is 2. The first-order valence-corrected chi connectivity index (χ1v) is 11.3. The van der Waals surface area contributed by atoms with Crippen LogP contribution < -0.4 is 4.90 Å². The highest BCUT2D eigenvalue weighted by molar-refractivity contribution is 5.84. The van der Waals surface area contributed by atoms with Crippen LogP contribution in [0.25, 0.3) is 0 Å². The molecule has 2 aliphatic heterocycles. The van der Waals surface area contributed by atoms with Crippen LogP contribution in [0.3, 0.4) is 0 Å². The van der Waals surface area contributed by atoms with E-state index in [0.717, 1.165) is 43.5 Å². The summed E-state index contributed by atoms with van der Waals surface area (Å²) in [6, 6.07) is 20.4. The van der Waals surface area contributed by atoms with Crippen molar-refractivity contribution in [3.8, 4) is 0 Å². The van der Waals surface area contributed by atoms with E-state index in [0.29, 0.717) is 6.54 Å². The molecule has 2 aliphatic rings. The summed E-state index contributed by atoms with van der Waals surface area (Å²) in [6.45, 7) is 7.64. The molecular formula is C25H34N4O. The van der Waals surface area contributed by atoms with Gasteiger partial charge in [0.05, 0.1) is 0 Å². The third kappa shape index (κ3) is 5.41. The number of rotatable bonds is 6. The number of likely N-dealkylation sites (tertiary alicyclic amines) is 1. The highest BCUT2D eigenvalue weighted by Crippen LogP contribution is 2.25. The van der Waals surface area contributed by atoms with Gasteiger partial charge >= 0.3 is 0 Å². The van der Waals surface area contributed by atoms with E-state index in [1.54, 1.807) is 0 Å². The first-order valence-electron chi connectivity index (χ1n) is 11.3. The van der Waals surface area contributed by atoms with Gasteiger partial charge < -0.3 is 14.7 Å². The largest absolute Gasteiger partial charge is 0.339 e. The number of carbonyl (C=O) groups is 1. The first kappa shape index (κ1) is 20.9. The summed E-state index contributed by atoms with van der Waals surface area (Å²) in [5.41, 5.74) is 2.11. The number of hydrogen-bond donors (Lipinski definition) is 0. The van der Waals surface area contributed by atoms with E-state index in [-0.39, 0.29) is 5.91 Å². The maximum Gasteiger partial charge on any atom is 0.242 e. The fourth-order valence-corrected chi connectivity index (χ4v) is 4.75. The molecule has 1 unspecified atom stereocenters. The van der Waals surface area contributed by atoms with Crippen LogP contribution in [0.15, 0.2) is 60.7 Å². The maximum atomic E-state index is 13.2. The van der Waals surface area contributed by atoms with Gasteiger partial charge in [-0.25, -0.2) is 0 Å². The molecule has 0 radical (unpaired) electrons. The van der Waals surface area contributed by atoms with Gasteiger partial charge in [0, 0.05) is 50.6 Å². The molecule has 0 aromatic heterocycles. The summed E-state index contributed by atoms with van der Waals surface area (Å²) >= 11 is 0. The summed E-state index contributed by atoms with van der Waals surface area (Å²) in [7, 11) is 2.23. The van der Waals surface area contributed by atoms with Crippen molar-refractivity contribution in [3.05, 3.63) is 60.7 Å². The zero-order valence-corrected chi connectivity index (χ0v) is 18.1. The smallest absolute Gasteiger partial charge is 0.242 e. The van der Waals surface area contributed by atoms with E-state index in [2.05, 4.69) is 46.0 Å². The summed E-state index contributed by atoms with van der Waals surface area (Å²) in [5.74, 6) is 0.984. The number of benzene rings is 2. The average Bonchev–Trinajstić information content (AvgIpc) is 2.79. The van der Waals surface area contributed by atoms with Crippen molar-refractivity contribution in [3.63, 3.8) is 0 Å². The van der Waals surface area contributed by atoms with Gasteiger partial charge in [-0.05, 0) is 56.6 Å². The second-order valence-corrected chi connectivity index (χ2v) is 8.71. The Morgan fingerprint density at radius 3 is 2.07 bits per heavy atom. The van der Waals surface area contributed by atoms with E-state index in [1.165, 1.54) is 32.5 Å². The van der Waals surface area contributed by atoms with Gasteiger partial charge in [0.25, 0.3) is 0 Å². The number of piperidine rings is 1. The Labute approximate surface area is 180 Å². The molecule has 2 fully saturated rings. The second kappa shape index (κ2) is 10.1. The van der Waals surface area contributed by atoms with Gasteiger partial charge in [-0.15, -0.1) is 0 Å². The Bertz CT molecular complexity index is 750. The molecule has 0 aliphatic carbocycles. The lowest BCUT2D eigenvalue weighted by Gasteiger charge is -2.39. The van der Waals surface area contributed by atoms with Crippen LogP contribution >= 0.6 is 0 Å². The molecule has 5 nitrogen and oxygen atoms in total. The number of piperazine rings is 1. The molecule has 2 saturated heterocycles. The lowest BCUT2D eigenvalue weighted by Crippen LogP contribution is -2.52. The normalized spacial score (nSPS) is 20.8. The Hall–Kier alpha value is -2.37. The third-order valence-electron chi connectivity index (χ3n) is 6.39. The van der Waals surface area contributed by atoms with Crippen LogP contribution in [0.2, 0.25) is 0 Å². The lowest BCUT2D eigenvalue weighted by atomic mass is 9.97. The molecule has 160 valence electrons. The van der Waals surface area contributed by atoms with Gasteiger partial charge in [-0.2, -0.15) is 0 Å². The summed E-state index contributed by atoms with van der Waals surface area (Å²) < 4.78 is 0. The minimum atomic E-state index is 0.208. The monoisotopic (exact) mass is 406 g/mol. The van der Waals surface area contributed by atoms with Crippen molar-refractivity contribution >= 4 is 17.3 Å². The van der Waals surface area contributed by atoms with Crippen molar-refractivity contribution in [2.45, 2.75) is 12.8 Å². The lowest BCUT2D eigenvalue weighted by molar-refractivity contribution is -0.131. The fraction of sp³-hybridized carbons (Fsp3) is 0.480. The number of carbonyl (C=O) groups excluding carboxylic acids is 1. The molecule has 1 atom stereocenters. The van der Waals surface area contributed by atoms with Crippen molar-refractivity contribution in [1.29, 1.82) is 0 Å².